The van der Waals surface area contributed by atoms with Crippen molar-refractivity contribution in [3.63, 3.8) is 0 Å². The van der Waals surface area contributed by atoms with Gasteiger partial charge in [-0.15, -0.1) is 0 Å². The van der Waals surface area contributed by atoms with Crippen molar-refractivity contribution in [1.29, 1.82) is 0 Å². The first-order chi connectivity index (χ1) is 12.7. The van der Waals surface area contributed by atoms with Gasteiger partial charge >= 0.3 is 0 Å². The number of nitrogens with one attached hydrogen (secondary N) is 1. The number of aliphatic hydroxyl groups is 1. The number of aromatic nitrogens is 1. The van der Waals surface area contributed by atoms with E-state index in [4.69, 9.17) is 0 Å². The van der Waals surface area contributed by atoms with Gasteiger partial charge < -0.3 is 10.4 Å². The topological polar surface area (TPSA) is 62.2 Å². The summed E-state index contributed by atoms with van der Waals surface area (Å²) in [5.74, 6) is 0.773. The summed E-state index contributed by atoms with van der Waals surface area (Å²) in [6.07, 6.45) is 5.02. The Labute approximate surface area is 159 Å². The number of fused-ring (bicyclic) bond motifs is 2. The normalized spacial score (nSPS) is 30.5. The third-order valence-electron chi connectivity index (χ3n) is 7.18. The number of nitrogens with zero attached hydrogens (tertiary/aromatic N) is 1. The first-order valence-corrected chi connectivity index (χ1v) is 9.74. The highest BCUT2D eigenvalue weighted by molar-refractivity contribution is 5.83. The number of carbonyl (C=O) groups is 1. The number of benzene rings is 1. The molecule has 1 aromatic carbocycles. The molecule has 0 saturated heterocycles. The smallest absolute Gasteiger partial charge is 0.228 e. The Bertz CT molecular complexity index is 881. The molecule has 1 heterocycles. The van der Waals surface area contributed by atoms with E-state index in [1.165, 1.54) is 6.07 Å². The lowest BCUT2D eigenvalue weighted by Crippen LogP contribution is -2.52. The van der Waals surface area contributed by atoms with Crippen LogP contribution in [0.25, 0.3) is 10.9 Å². The third kappa shape index (κ3) is 2.83. The minimum Gasteiger partial charge on any atom is -0.389 e. The van der Waals surface area contributed by atoms with Crippen LogP contribution in [0.15, 0.2) is 30.5 Å². The fourth-order valence-electron chi connectivity index (χ4n) is 5.45. The van der Waals surface area contributed by atoms with Gasteiger partial charge in [0.05, 0.1) is 16.5 Å². The maximum atomic E-state index is 13.8. The van der Waals surface area contributed by atoms with Crippen LogP contribution in [-0.4, -0.2) is 28.6 Å². The minimum absolute atomic E-state index is 0.114. The number of hydrogen-bond acceptors (Lipinski definition) is 3. The Kier molecular flexibility index (Phi) is 4.26. The molecule has 1 aromatic heterocycles. The second-order valence-electron chi connectivity index (χ2n) is 8.89. The Balaban J connectivity index is 1.58. The summed E-state index contributed by atoms with van der Waals surface area (Å²) < 4.78 is 13.8. The van der Waals surface area contributed by atoms with Crippen LogP contribution in [-0.2, 0) is 4.79 Å². The van der Waals surface area contributed by atoms with Crippen molar-refractivity contribution in [3.05, 3.63) is 41.8 Å². The molecule has 2 aromatic rings. The molecule has 4 rings (SSSR count). The molecule has 2 saturated carbocycles. The quantitative estimate of drug-likeness (QED) is 0.864. The van der Waals surface area contributed by atoms with Crippen molar-refractivity contribution in [1.82, 2.24) is 10.3 Å². The van der Waals surface area contributed by atoms with Gasteiger partial charge in [0.15, 0.2) is 0 Å². The second-order valence-corrected chi connectivity index (χ2v) is 8.89. The molecule has 144 valence electrons. The number of hydrogen-bond donors (Lipinski definition) is 2. The van der Waals surface area contributed by atoms with Gasteiger partial charge in [-0.05, 0) is 87.1 Å². The summed E-state index contributed by atoms with van der Waals surface area (Å²) in [6.45, 7) is 3.67. The maximum absolute atomic E-state index is 13.8. The van der Waals surface area contributed by atoms with Gasteiger partial charge in [-0.25, -0.2) is 4.39 Å². The van der Waals surface area contributed by atoms with E-state index in [-0.39, 0.29) is 11.7 Å². The maximum Gasteiger partial charge on any atom is 0.228 e. The average molecular weight is 370 g/mol. The molecule has 0 bridgehead atoms. The molecular weight excluding hydrogens is 343 g/mol. The van der Waals surface area contributed by atoms with Crippen molar-refractivity contribution >= 4 is 16.8 Å². The fourth-order valence-corrected chi connectivity index (χ4v) is 5.45. The Morgan fingerprint density at radius 2 is 1.93 bits per heavy atom. The predicted octanol–water partition coefficient (Wildman–Crippen LogP) is 3.78. The third-order valence-corrected chi connectivity index (χ3v) is 7.18. The zero-order chi connectivity index (χ0) is 19.4. The SMILES string of the molecule is CNC(=O)C(C)(C)C1(O)CC2CC(c3ccnc4ccc(F)cc34)CC2C1. The molecule has 2 N–H and O–H groups in total. The number of carbonyl (C=O) groups excluding carboxylic acids is 1. The van der Waals surface area contributed by atoms with Crippen LogP contribution in [0, 0.1) is 23.1 Å². The Morgan fingerprint density at radius 3 is 2.56 bits per heavy atom. The van der Waals surface area contributed by atoms with Crippen LogP contribution >= 0.6 is 0 Å². The number of rotatable bonds is 3. The molecule has 0 radical (unpaired) electrons. The summed E-state index contributed by atoms with van der Waals surface area (Å²) in [7, 11) is 1.62. The molecule has 2 fully saturated rings. The highest BCUT2D eigenvalue weighted by atomic mass is 19.1. The van der Waals surface area contributed by atoms with Crippen molar-refractivity contribution in [2.24, 2.45) is 17.3 Å². The van der Waals surface area contributed by atoms with E-state index in [1.807, 2.05) is 19.9 Å². The van der Waals surface area contributed by atoms with Gasteiger partial charge in [0.2, 0.25) is 5.91 Å². The van der Waals surface area contributed by atoms with Crippen molar-refractivity contribution in [3.8, 4) is 0 Å². The average Bonchev–Trinajstić information content (AvgIpc) is 3.16. The van der Waals surface area contributed by atoms with E-state index < -0.39 is 11.0 Å². The highest BCUT2D eigenvalue weighted by Gasteiger charge is 2.57. The molecule has 5 heteroatoms. The molecule has 2 unspecified atom stereocenters. The van der Waals surface area contributed by atoms with Crippen LogP contribution in [0.5, 0.6) is 0 Å². The summed E-state index contributed by atoms with van der Waals surface area (Å²) in [6, 6.07) is 6.77. The van der Waals surface area contributed by atoms with Crippen LogP contribution in [0.1, 0.15) is 51.0 Å². The molecule has 1 amide bonds. The van der Waals surface area contributed by atoms with Crippen LogP contribution in [0.3, 0.4) is 0 Å². The van der Waals surface area contributed by atoms with Gasteiger partial charge in [0.1, 0.15) is 5.82 Å². The fraction of sp³-hybridized carbons (Fsp3) is 0.545. The lowest BCUT2D eigenvalue weighted by Gasteiger charge is -2.39. The largest absolute Gasteiger partial charge is 0.389 e. The zero-order valence-corrected chi connectivity index (χ0v) is 16.1. The lowest BCUT2D eigenvalue weighted by atomic mass is 9.71. The molecule has 2 aliphatic carbocycles. The van der Waals surface area contributed by atoms with Gasteiger partial charge in [-0.2, -0.15) is 0 Å². The Hall–Kier alpha value is -2.01. The molecule has 2 aliphatic rings. The van der Waals surface area contributed by atoms with E-state index in [0.29, 0.717) is 30.6 Å². The summed E-state index contributed by atoms with van der Waals surface area (Å²) >= 11 is 0. The second kappa shape index (κ2) is 6.26. The lowest BCUT2D eigenvalue weighted by molar-refractivity contribution is -0.146. The predicted molar refractivity (Wildman–Crippen MR) is 103 cm³/mol. The number of pyridine rings is 1. The first-order valence-electron chi connectivity index (χ1n) is 9.74. The molecule has 0 aliphatic heterocycles. The standard InChI is InChI=1S/C22H27FN2O2/c1-21(2,20(26)24-3)22(27)11-14-8-13(9-15(14)12-22)17-6-7-25-19-5-4-16(23)10-18(17)19/h4-7,10,13-15,27H,8-9,11-12H2,1-3H3,(H,24,26). The highest BCUT2D eigenvalue weighted by Crippen LogP contribution is 2.58. The van der Waals surface area contributed by atoms with Gasteiger partial charge in [-0.1, -0.05) is 0 Å². The zero-order valence-electron chi connectivity index (χ0n) is 16.1. The van der Waals surface area contributed by atoms with Crippen molar-refractivity contribution in [2.75, 3.05) is 7.05 Å². The summed E-state index contributed by atoms with van der Waals surface area (Å²) in [5.41, 5.74) is 0.194. The molecular formula is C22H27FN2O2. The van der Waals surface area contributed by atoms with E-state index >= 15 is 0 Å². The first kappa shape index (κ1) is 18.4. The van der Waals surface area contributed by atoms with E-state index in [2.05, 4.69) is 10.3 Å². The van der Waals surface area contributed by atoms with Gasteiger partial charge in [0, 0.05) is 18.6 Å². The summed E-state index contributed by atoms with van der Waals surface area (Å²) in [5, 5.41) is 14.9. The van der Waals surface area contributed by atoms with Crippen molar-refractivity contribution < 1.29 is 14.3 Å². The monoisotopic (exact) mass is 370 g/mol. The molecule has 4 nitrogen and oxygen atoms in total. The van der Waals surface area contributed by atoms with Gasteiger partial charge in [0.25, 0.3) is 0 Å². The van der Waals surface area contributed by atoms with E-state index in [9.17, 15) is 14.3 Å². The molecule has 2 atom stereocenters. The van der Waals surface area contributed by atoms with Crippen LogP contribution in [0.2, 0.25) is 0 Å². The molecule has 0 spiro atoms. The number of halogens is 1. The minimum atomic E-state index is -0.972. The Morgan fingerprint density at radius 1 is 1.26 bits per heavy atom. The van der Waals surface area contributed by atoms with E-state index in [1.54, 1.807) is 25.4 Å². The van der Waals surface area contributed by atoms with Crippen LogP contribution in [0.4, 0.5) is 4.39 Å². The molecule has 27 heavy (non-hydrogen) atoms. The number of amides is 1. The van der Waals surface area contributed by atoms with E-state index in [0.717, 1.165) is 29.3 Å². The van der Waals surface area contributed by atoms with Crippen LogP contribution < -0.4 is 5.32 Å². The van der Waals surface area contributed by atoms with Crippen molar-refractivity contribution in [2.45, 2.75) is 51.0 Å². The summed E-state index contributed by atoms with van der Waals surface area (Å²) in [4.78, 5) is 16.7. The van der Waals surface area contributed by atoms with Gasteiger partial charge in [-0.3, -0.25) is 9.78 Å².